The summed E-state index contributed by atoms with van der Waals surface area (Å²) in [6.45, 7) is 7.21. The summed E-state index contributed by atoms with van der Waals surface area (Å²) in [5.74, 6) is 0. The van der Waals surface area contributed by atoms with E-state index in [1.807, 2.05) is 0 Å². The molecule has 2 N–H and O–H groups in total. The van der Waals surface area contributed by atoms with Crippen molar-refractivity contribution < 1.29 is 0 Å². The molecule has 1 aliphatic rings. The lowest BCUT2D eigenvalue weighted by Crippen LogP contribution is -1.98. The molecule has 0 fully saturated rings. The fraction of sp³-hybridized carbons (Fsp3) is 0.455. The third-order valence-electron chi connectivity index (χ3n) is 1.73. The minimum atomic E-state index is 0.860. The molecule has 0 unspecified atom stereocenters. The first-order chi connectivity index (χ1) is 6.27. The Bertz CT molecular complexity index is 269. The fourth-order valence-electron chi connectivity index (χ4n) is 1.19. The van der Waals surface area contributed by atoms with Crippen molar-refractivity contribution in [2.45, 2.75) is 27.2 Å². The van der Waals surface area contributed by atoms with Crippen LogP contribution in [0.2, 0.25) is 0 Å². The zero-order valence-electron chi connectivity index (χ0n) is 8.65. The Labute approximate surface area is 80.4 Å². The van der Waals surface area contributed by atoms with E-state index in [2.05, 4.69) is 49.6 Å². The van der Waals surface area contributed by atoms with E-state index in [1.165, 1.54) is 23.4 Å². The molecule has 13 heavy (non-hydrogen) atoms. The molecule has 0 spiro atoms. The lowest BCUT2D eigenvalue weighted by Gasteiger charge is -1.97. The Morgan fingerprint density at radius 2 is 1.77 bits per heavy atom. The predicted molar refractivity (Wildman–Crippen MR) is 59.3 cm³/mol. The van der Waals surface area contributed by atoms with Crippen molar-refractivity contribution >= 4 is 11.4 Å². The molecule has 1 aromatic carbocycles. The summed E-state index contributed by atoms with van der Waals surface area (Å²) in [4.78, 5) is 0. The first-order valence-corrected chi connectivity index (χ1v) is 4.86. The van der Waals surface area contributed by atoms with Crippen LogP contribution >= 0.6 is 0 Å². The molecule has 1 aromatic rings. The van der Waals surface area contributed by atoms with E-state index in [4.69, 9.17) is 0 Å². The van der Waals surface area contributed by atoms with Crippen molar-refractivity contribution in [3.63, 3.8) is 0 Å². The Hall–Kier alpha value is -1.18. The average Bonchev–Trinajstić information content (AvgIpc) is 2.52. The summed E-state index contributed by atoms with van der Waals surface area (Å²) in [6, 6.07) is 6.36. The lowest BCUT2D eigenvalue weighted by atomic mass is 10.2. The quantitative estimate of drug-likeness (QED) is 0.637. The first-order valence-electron chi connectivity index (χ1n) is 4.86. The van der Waals surface area contributed by atoms with Crippen LogP contribution in [-0.4, -0.2) is 6.67 Å². The van der Waals surface area contributed by atoms with Gasteiger partial charge in [0.1, 0.15) is 0 Å². The van der Waals surface area contributed by atoms with Crippen LogP contribution in [-0.2, 0) is 0 Å². The SMILES string of the molecule is CCC.Cc1ccc2c(c1)NCN2. The molecule has 0 amide bonds. The normalized spacial score (nSPS) is 11.9. The van der Waals surface area contributed by atoms with Gasteiger partial charge in [0.2, 0.25) is 0 Å². The van der Waals surface area contributed by atoms with Crippen LogP contribution in [0.1, 0.15) is 25.8 Å². The molecule has 0 bridgehead atoms. The smallest absolute Gasteiger partial charge is 0.0850 e. The molecule has 1 aliphatic heterocycles. The summed E-state index contributed by atoms with van der Waals surface area (Å²) in [6.07, 6.45) is 1.25. The molecular weight excluding hydrogens is 160 g/mol. The molecule has 0 atom stereocenters. The van der Waals surface area contributed by atoms with Crippen LogP contribution in [0, 0.1) is 6.92 Å². The van der Waals surface area contributed by atoms with Crippen LogP contribution in [0.5, 0.6) is 0 Å². The lowest BCUT2D eigenvalue weighted by molar-refractivity contribution is 1.09. The van der Waals surface area contributed by atoms with E-state index in [9.17, 15) is 0 Å². The van der Waals surface area contributed by atoms with Gasteiger partial charge in [-0.05, 0) is 24.6 Å². The van der Waals surface area contributed by atoms with Crippen LogP contribution in [0.15, 0.2) is 18.2 Å². The zero-order chi connectivity index (χ0) is 9.68. The number of benzene rings is 1. The average molecular weight is 178 g/mol. The van der Waals surface area contributed by atoms with Crippen LogP contribution in [0.4, 0.5) is 11.4 Å². The van der Waals surface area contributed by atoms with E-state index in [1.54, 1.807) is 0 Å². The van der Waals surface area contributed by atoms with Gasteiger partial charge in [-0.25, -0.2) is 0 Å². The van der Waals surface area contributed by atoms with Gasteiger partial charge in [-0.15, -0.1) is 0 Å². The highest BCUT2D eigenvalue weighted by molar-refractivity contribution is 5.73. The molecule has 2 nitrogen and oxygen atoms in total. The molecule has 2 heteroatoms. The molecular formula is C11H18N2. The monoisotopic (exact) mass is 178 g/mol. The van der Waals surface area contributed by atoms with Crippen molar-refractivity contribution in [3.05, 3.63) is 23.8 Å². The van der Waals surface area contributed by atoms with Gasteiger partial charge in [-0.1, -0.05) is 26.3 Å². The standard InChI is InChI=1S/C8H10N2.C3H8/c1-6-2-3-7-8(4-6)10-5-9-7;1-3-2/h2-4,9-10H,5H2,1H3;3H2,1-2H3. The summed E-state index contributed by atoms with van der Waals surface area (Å²) in [5.41, 5.74) is 3.74. The second-order valence-corrected chi connectivity index (χ2v) is 3.29. The number of nitrogens with one attached hydrogen (secondary N) is 2. The molecule has 72 valence electrons. The Morgan fingerprint density at radius 1 is 1.15 bits per heavy atom. The predicted octanol–water partition coefficient (Wildman–Crippen LogP) is 3.21. The number of hydrogen-bond donors (Lipinski definition) is 2. The zero-order valence-corrected chi connectivity index (χ0v) is 8.65. The molecule has 0 aromatic heterocycles. The summed E-state index contributed by atoms with van der Waals surface area (Å²) in [7, 11) is 0. The number of fused-ring (bicyclic) bond motifs is 1. The Balaban J connectivity index is 0.000000251. The molecule has 0 aliphatic carbocycles. The fourth-order valence-corrected chi connectivity index (χ4v) is 1.19. The maximum atomic E-state index is 3.23. The third kappa shape index (κ3) is 2.65. The number of hydrogen-bond acceptors (Lipinski definition) is 2. The molecule has 0 saturated carbocycles. The van der Waals surface area contributed by atoms with Gasteiger partial charge in [0, 0.05) is 0 Å². The van der Waals surface area contributed by atoms with E-state index < -0.39 is 0 Å². The van der Waals surface area contributed by atoms with E-state index in [0.717, 1.165) is 6.67 Å². The van der Waals surface area contributed by atoms with Crippen molar-refractivity contribution in [3.8, 4) is 0 Å². The van der Waals surface area contributed by atoms with Crippen LogP contribution in [0.25, 0.3) is 0 Å². The summed E-state index contributed by atoms with van der Waals surface area (Å²) >= 11 is 0. The van der Waals surface area contributed by atoms with Crippen molar-refractivity contribution in [2.24, 2.45) is 0 Å². The van der Waals surface area contributed by atoms with Gasteiger partial charge in [0.05, 0.1) is 18.0 Å². The molecule has 2 rings (SSSR count). The third-order valence-corrected chi connectivity index (χ3v) is 1.73. The second-order valence-electron chi connectivity index (χ2n) is 3.29. The highest BCUT2D eigenvalue weighted by Gasteiger charge is 2.06. The minimum Gasteiger partial charge on any atom is -0.366 e. The van der Waals surface area contributed by atoms with Crippen molar-refractivity contribution in [1.82, 2.24) is 0 Å². The highest BCUT2D eigenvalue weighted by Crippen LogP contribution is 2.26. The van der Waals surface area contributed by atoms with Crippen LogP contribution < -0.4 is 10.6 Å². The maximum Gasteiger partial charge on any atom is 0.0850 e. The van der Waals surface area contributed by atoms with Crippen molar-refractivity contribution in [2.75, 3.05) is 17.3 Å². The van der Waals surface area contributed by atoms with E-state index in [0.29, 0.717) is 0 Å². The Kier molecular flexibility index (Phi) is 3.62. The van der Waals surface area contributed by atoms with Gasteiger partial charge in [-0.3, -0.25) is 0 Å². The van der Waals surface area contributed by atoms with Gasteiger partial charge < -0.3 is 10.6 Å². The number of anilines is 2. The molecule has 1 heterocycles. The van der Waals surface area contributed by atoms with E-state index in [-0.39, 0.29) is 0 Å². The second kappa shape index (κ2) is 4.75. The highest BCUT2D eigenvalue weighted by atomic mass is 15.1. The largest absolute Gasteiger partial charge is 0.366 e. The van der Waals surface area contributed by atoms with Gasteiger partial charge in [-0.2, -0.15) is 0 Å². The van der Waals surface area contributed by atoms with Gasteiger partial charge >= 0.3 is 0 Å². The summed E-state index contributed by atoms with van der Waals surface area (Å²) in [5, 5.41) is 6.45. The summed E-state index contributed by atoms with van der Waals surface area (Å²) < 4.78 is 0. The topological polar surface area (TPSA) is 24.1 Å². The minimum absolute atomic E-state index is 0.860. The van der Waals surface area contributed by atoms with Crippen molar-refractivity contribution in [1.29, 1.82) is 0 Å². The molecule has 0 saturated heterocycles. The van der Waals surface area contributed by atoms with Crippen LogP contribution in [0.3, 0.4) is 0 Å². The van der Waals surface area contributed by atoms with E-state index >= 15 is 0 Å². The van der Waals surface area contributed by atoms with Gasteiger partial charge in [0.25, 0.3) is 0 Å². The number of rotatable bonds is 0. The molecule has 0 radical (unpaired) electrons. The maximum absolute atomic E-state index is 3.23. The van der Waals surface area contributed by atoms with Gasteiger partial charge in [0.15, 0.2) is 0 Å². The first kappa shape index (κ1) is 9.90. The Morgan fingerprint density at radius 3 is 2.46 bits per heavy atom. The number of aryl methyl sites for hydroxylation is 1.